The number of nitrogens with two attached hydrogens (primary N) is 1. The highest BCUT2D eigenvalue weighted by atomic mass is 19.1. The molecular weight excluding hydrogens is 363 g/mol. The lowest BCUT2D eigenvalue weighted by Crippen LogP contribution is -2.16. The quantitative estimate of drug-likeness (QED) is 0.574. The van der Waals surface area contributed by atoms with Gasteiger partial charge in [0.2, 0.25) is 0 Å². The molecule has 0 radical (unpaired) electrons. The van der Waals surface area contributed by atoms with Crippen molar-refractivity contribution >= 4 is 22.4 Å². The Kier molecular flexibility index (Phi) is 4.43. The van der Waals surface area contributed by atoms with Crippen LogP contribution >= 0.6 is 0 Å². The van der Waals surface area contributed by atoms with Crippen molar-refractivity contribution in [1.29, 1.82) is 0 Å². The van der Waals surface area contributed by atoms with E-state index in [0.29, 0.717) is 5.82 Å². The van der Waals surface area contributed by atoms with E-state index in [1.807, 2.05) is 18.3 Å². The van der Waals surface area contributed by atoms with E-state index < -0.39 is 0 Å². The van der Waals surface area contributed by atoms with E-state index >= 15 is 0 Å². The number of allylic oxidation sites excluding steroid dienone is 5. The van der Waals surface area contributed by atoms with Gasteiger partial charge in [0.05, 0.1) is 5.69 Å². The number of hydrogen-bond acceptors (Lipinski definition) is 3. The zero-order valence-electron chi connectivity index (χ0n) is 16.1. The largest absolute Gasteiger partial charge is 0.391 e. The maximum absolute atomic E-state index is 13.5. The molecule has 1 aliphatic heterocycles. The van der Waals surface area contributed by atoms with E-state index in [9.17, 15) is 4.39 Å². The second-order valence-electron chi connectivity index (χ2n) is 7.61. The second kappa shape index (κ2) is 7.24. The molecule has 0 saturated heterocycles. The van der Waals surface area contributed by atoms with Crippen LogP contribution in [0.1, 0.15) is 36.3 Å². The van der Waals surface area contributed by atoms with E-state index in [4.69, 9.17) is 10.7 Å². The SMILES string of the molecule is Nc1nc2[nH]c(-c3ccc(F)cc3)c(C3C=CNCC3)c2cc1C1=CC=CCC1. The van der Waals surface area contributed by atoms with E-state index in [2.05, 4.69) is 40.7 Å². The fraction of sp³-hybridized carbons (Fsp3) is 0.208. The zero-order chi connectivity index (χ0) is 19.8. The third kappa shape index (κ3) is 3.23. The number of halogens is 1. The summed E-state index contributed by atoms with van der Waals surface area (Å²) in [4.78, 5) is 8.18. The summed E-state index contributed by atoms with van der Waals surface area (Å²) in [5.41, 5.74) is 12.5. The molecule has 4 N–H and O–H groups in total. The van der Waals surface area contributed by atoms with Crippen LogP contribution in [0.5, 0.6) is 0 Å². The minimum absolute atomic E-state index is 0.241. The first-order chi connectivity index (χ1) is 14.2. The van der Waals surface area contributed by atoms with Crippen LogP contribution < -0.4 is 11.1 Å². The Morgan fingerprint density at radius 2 is 2.03 bits per heavy atom. The predicted octanol–water partition coefficient (Wildman–Crippen LogP) is 5.28. The Morgan fingerprint density at radius 1 is 1.17 bits per heavy atom. The van der Waals surface area contributed by atoms with E-state index in [1.54, 1.807) is 0 Å². The third-order valence-corrected chi connectivity index (χ3v) is 5.76. The van der Waals surface area contributed by atoms with Crippen molar-refractivity contribution in [2.75, 3.05) is 12.3 Å². The fourth-order valence-electron chi connectivity index (χ4n) is 4.31. The third-order valence-electron chi connectivity index (χ3n) is 5.76. The Labute approximate surface area is 169 Å². The molecule has 0 amide bonds. The van der Waals surface area contributed by atoms with Crippen molar-refractivity contribution in [2.24, 2.45) is 0 Å². The number of aromatic nitrogens is 2. The van der Waals surface area contributed by atoms with E-state index in [1.165, 1.54) is 23.3 Å². The monoisotopic (exact) mass is 386 g/mol. The summed E-state index contributed by atoms with van der Waals surface area (Å²) in [6.45, 7) is 0.919. The molecular formula is C24H23FN4. The molecule has 1 aromatic carbocycles. The van der Waals surface area contributed by atoms with Crippen LogP contribution in [-0.2, 0) is 0 Å². The first-order valence-corrected chi connectivity index (χ1v) is 10.0. The zero-order valence-corrected chi connectivity index (χ0v) is 16.1. The highest BCUT2D eigenvalue weighted by Gasteiger charge is 2.23. The normalized spacial score (nSPS) is 18.7. The molecule has 0 bridgehead atoms. The molecule has 3 heterocycles. The van der Waals surface area contributed by atoms with Crippen molar-refractivity contribution in [2.45, 2.75) is 25.2 Å². The number of benzene rings is 1. The highest BCUT2D eigenvalue weighted by molar-refractivity contribution is 5.94. The first kappa shape index (κ1) is 17.7. The summed E-state index contributed by atoms with van der Waals surface area (Å²) in [6, 6.07) is 8.79. The Bertz CT molecular complexity index is 1150. The van der Waals surface area contributed by atoms with E-state index in [0.717, 1.165) is 53.7 Å². The number of rotatable bonds is 3. The van der Waals surface area contributed by atoms with Crippen molar-refractivity contribution < 1.29 is 4.39 Å². The smallest absolute Gasteiger partial charge is 0.140 e. The van der Waals surface area contributed by atoms with Crippen LogP contribution in [-0.4, -0.2) is 16.5 Å². The van der Waals surface area contributed by atoms with Crippen LogP contribution in [0.3, 0.4) is 0 Å². The Hall–Kier alpha value is -3.34. The molecule has 5 rings (SSSR count). The molecule has 3 aromatic rings. The van der Waals surface area contributed by atoms with Gasteiger partial charge in [0, 0.05) is 23.4 Å². The Morgan fingerprint density at radius 3 is 2.76 bits per heavy atom. The molecule has 146 valence electrons. The second-order valence-corrected chi connectivity index (χ2v) is 7.61. The van der Waals surface area contributed by atoms with Crippen LogP contribution in [0.4, 0.5) is 10.2 Å². The number of anilines is 1. The van der Waals surface area contributed by atoms with Crippen molar-refractivity contribution in [1.82, 2.24) is 15.3 Å². The van der Waals surface area contributed by atoms with Crippen molar-refractivity contribution in [3.8, 4) is 11.3 Å². The van der Waals surface area contributed by atoms with Gasteiger partial charge in [0.15, 0.2) is 0 Å². The number of aromatic amines is 1. The van der Waals surface area contributed by atoms with Gasteiger partial charge in [-0.25, -0.2) is 9.37 Å². The number of nitrogens with zero attached hydrogens (tertiary/aromatic N) is 1. The minimum Gasteiger partial charge on any atom is -0.391 e. The van der Waals surface area contributed by atoms with Gasteiger partial charge < -0.3 is 16.0 Å². The molecule has 1 unspecified atom stereocenters. The Balaban J connectivity index is 1.74. The van der Waals surface area contributed by atoms with Crippen LogP contribution in [0.25, 0.3) is 27.9 Å². The highest BCUT2D eigenvalue weighted by Crippen LogP contribution is 2.40. The molecule has 4 nitrogen and oxygen atoms in total. The number of nitrogen functional groups attached to an aromatic ring is 1. The lowest BCUT2D eigenvalue weighted by Gasteiger charge is -2.19. The molecule has 0 fully saturated rings. The van der Waals surface area contributed by atoms with Crippen molar-refractivity contribution in [3.63, 3.8) is 0 Å². The molecule has 0 saturated carbocycles. The number of hydrogen-bond donors (Lipinski definition) is 3. The average molecular weight is 386 g/mol. The van der Waals surface area contributed by atoms with Crippen LogP contribution in [0.2, 0.25) is 0 Å². The van der Waals surface area contributed by atoms with Crippen LogP contribution in [0.15, 0.2) is 60.8 Å². The number of H-pyrrole nitrogens is 1. The number of pyridine rings is 1. The van der Waals surface area contributed by atoms with Gasteiger partial charge in [-0.2, -0.15) is 0 Å². The fourth-order valence-corrected chi connectivity index (χ4v) is 4.31. The van der Waals surface area contributed by atoms with Gasteiger partial charge in [0.25, 0.3) is 0 Å². The summed E-state index contributed by atoms with van der Waals surface area (Å²) in [5.74, 6) is 0.553. The number of nitrogens with one attached hydrogen (secondary N) is 2. The predicted molar refractivity (Wildman–Crippen MR) is 117 cm³/mol. The average Bonchev–Trinajstić information content (AvgIpc) is 3.13. The topological polar surface area (TPSA) is 66.7 Å². The summed E-state index contributed by atoms with van der Waals surface area (Å²) >= 11 is 0. The first-order valence-electron chi connectivity index (χ1n) is 10.0. The van der Waals surface area contributed by atoms with Gasteiger partial charge in [-0.3, -0.25) is 0 Å². The summed E-state index contributed by atoms with van der Waals surface area (Å²) in [6.07, 6.45) is 13.6. The van der Waals surface area contributed by atoms with Gasteiger partial charge in [-0.1, -0.05) is 24.3 Å². The number of fused-ring (bicyclic) bond motifs is 1. The molecule has 0 spiro atoms. The lowest BCUT2D eigenvalue weighted by molar-refractivity contribution is 0.628. The van der Waals surface area contributed by atoms with Gasteiger partial charge in [-0.05, 0) is 72.5 Å². The molecule has 29 heavy (non-hydrogen) atoms. The maximum atomic E-state index is 13.5. The van der Waals surface area contributed by atoms with Crippen molar-refractivity contribution in [3.05, 3.63) is 77.8 Å². The maximum Gasteiger partial charge on any atom is 0.140 e. The molecule has 2 aromatic heterocycles. The molecule has 1 aliphatic carbocycles. The molecule has 2 aliphatic rings. The summed E-state index contributed by atoms with van der Waals surface area (Å²) in [7, 11) is 0. The summed E-state index contributed by atoms with van der Waals surface area (Å²) in [5, 5.41) is 4.35. The standard InChI is InChI=1S/C24H23FN4/c25-18-8-6-17(7-9-18)22-21(16-10-12-27-13-11-16)20-14-19(15-4-2-1-3-5-15)23(26)29-24(20)28-22/h1-2,4,6-10,12,14,16,27H,3,5,11,13H2,(H3,26,28,29). The lowest BCUT2D eigenvalue weighted by atomic mass is 9.89. The minimum atomic E-state index is -0.241. The summed E-state index contributed by atoms with van der Waals surface area (Å²) < 4.78 is 13.5. The van der Waals surface area contributed by atoms with Crippen LogP contribution in [0, 0.1) is 5.82 Å². The molecule has 5 heteroatoms. The van der Waals surface area contributed by atoms with Gasteiger partial charge in [0.1, 0.15) is 17.3 Å². The van der Waals surface area contributed by atoms with Gasteiger partial charge in [-0.15, -0.1) is 0 Å². The van der Waals surface area contributed by atoms with E-state index in [-0.39, 0.29) is 11.7 Å². The molecule has 1 atom stereocenters. The van der Waals surface area contributed by atoms with Gasteiger partial charge >= 0.3 is 0 Å².